The van der Waals surface area contributed by atoms with Crippen LogP contribution in [0.1, 0.15) is 37.2 Å². The first kappa shape index (κ1) is 15.4. The van der Waals surface area contributed by atoms with Crippen molar-refractivity contribution in [3.05, 3.63) is 42.1 Å². The maximum absolute atomic E-state index is 11.6. The molecule has 0 spiro atoms. The number of para-hydroxylation sites is 1. The molecule has 1 fully saturated rings. The number of hydrogen-bond acceptors (Lipinski definition) is 4. The molecule has 0 saturated heterocycles. The second-order valence-corrected chi connectivity index (χ2v) is 7.81. The lowest BCUT2D eigenvalue weighted by Gasteiger charge is -2.29. The molecule has 0 bridgehead atoms. The zero-order valence-electron chi connectivity index (χ0n) is 12.7. The average molecular weight is 319 g/mol. The van der Waals surface area contributed by atoms with Crippen LogP contribution in [0.5, 0.6) is 0 Å². The molecule has 1 saturated carbocycles. The maximum Gasteiger partial charge on any atom is 0.267 e. The molecule has 1 aromatic heterocycles. The zero-order chi connectivity index (χ0) is 15.6. The van der Waals surface area contributed by atoms with Gasteiger partial charge in [-0.05, 0) is 55.2 Å². The van der Waals surface area contributed by atoms with Gasteiger partial charge in [0.25, 0.3) is 10.1 Å². The second-order valence-electron chi connectivity index (χ2n) is 6.03. The molecule has 0 N–H and O–H groups in total. The summed E-state index contributed by atoms with van der Waals surface area (Å²) in [5.74, 6) is 0.858. The lowest BCUT2D eigenvalue weighted by molar-refractivity contribution is 0.332. The third-order valence-corrected chi connectivity index (χ3v) is 6.05. The van der Waals surface area contributed by atoms with Gasteiger partial charge in [0.05, 0.1) is 18.4 Å². The van der Waals surface area contributed by atoms with Crippen LogP contribution in [-0.4, -0.2) is 26.3 Å². The maximum atomic E-state index is 11.6. The fraction of sp³-hybridized carbons (Fsp3) is 0.471. The molecule has 1 aliphatic rings. The van der Waals surface area contributed by atoms with Gasteiger partial charge in [-0.2, -0.15) is 8.42 Å². The smallest absolute Gasteiger partial charge is 0.267 e. The van der Waals surface area contributed by atoms with Gasteiger partial charge in [-0.15, -0.1) is 0 Å². The van der Waals surface area contributed by atoms with Crippen LogP contribution in [0.15, 0.2) is 36.5 Å². The van der Waals surface area contributed by atoms with Gasteiger partial charge in [-0.1, -0.05) is 18.2 Å². The molecule has 5 heteroatoms. The van der Waals surface area contributed by atoms with Crippen LogP contribution in [-0.2, 0) is 14.3 Å². The summed E-state index contributed by atoms with van der Waals surface area (Å²) in [5, 5.41) is 1.22. The number of fused-ring (bicyclic) bond motifs is 1. The SMILES string of the molecule is COS(=O)(=O)CC1CCC(c2ccnc3ccccc23)CC1. The van der Waals surface area contributed by atoms with Gasteiger partial charge in [0.1, 0.15) is 0 Å². The van der Waals surface area contributed by atoms with E-state index in [4.69, 9.17) is 0 Å². The Morgan fingerprint density at radius 3 is 2.59 bits per heavy atom. The molecule has 1 aromatic carbocycles. The van der Waals surface area contributed by atoms with E-state index in [1.54, 1.807) is 0 Å². The normalized spacial score (nSPS) is 22.8. The minimum Gasteiger partial charge on any atom is -0.273 e. The third kappa shape index (κ3) is 3.31. The van der Waals surface area contributed by atoms with E-state index < -0.39 is 10.1 Å². The van der Waals surface area contributed by atoms with Gasteiger partial charge in [0.2, 0.25) is 0 Å². The molecule has 1 heterocycles. The second kappa shape index (κ2) is 6.34. The van der Waals surface area contributed by atoms with Crippen molar-refractivity contribution in [1.82, 2.24) is 4.98 Å². The van der Waals surface area contributed by atoms with Crippen molar-refractivity contribution >= 4 is 21.0 Å². The van der Waals surface area contributed by atoms with E-state index in [-0.39, 0.29) is 11.7 Å². The van der Waals surface area contributed by atoms with Crippen LogP contribution in [0, 0.1) is 5.92 Å². The zero-order valence-corrected chi connectivity index (χ0v) is 13.6. The predicted octanol–water partition coefficient (Wildman–Crippen LogP) is 3.48. The van der Waals surface area contributed by atoms with Crippen molar-refractivity contribution in [3.8, 4) is 0 Å². The number of rotatable bonds is 4. The molecule has 0 atom stereocenters. The van der Waals surface area contributed by atoms with Crippen molar-refractivity contribution in [3.63, 3.8) is 0 Å². The Balaban J connectivity index is 1.73. The van der Waals surface area contributed by atoms with E-state index in [1.165, 1.54) is 18.1 Å². The van der Waals surface area contributed by atoms with Crippen LogP contribution < -0.4 is 0 Å². The molecule has 0 radical (unpaired) electrons. The van der Waals surface area contributed by atoms with Crippen molar-refractivity contribution in [2.45, 2.75) is 31.6 Å². The number of benzene rings is 1. The highest BCUT2D eigenvalue weighted by atomic mass is 32.2. The van der Waals surface area contributed by atoms with E-state index in [0.717, 1.165) is 31.2 Å². The summed E-state index contributed by atoms with van der Waals surface area (Å²) in [6.07, 6.45) is 5.79. The Labute approximate surface area is 131 Å². The topological polar surface area (TPSA) is 56.3 Å². The minimum atomic E-state index is -3.35. The number of nitrogens with zero attached hydrogens (tertiary/aromatic N) is 1. The molecule has 22 heavy (non-hydrogen) atoms. The monoisotopic (exact) mass is 319 g/mol. The van der Waals surface area contributed by atoms with E-state index in [1.807, 2.05) is 24.4 Å². The van der Waals surface area contributed by atoms with Crippen molar-refractivity contribution in [2.24, 2.45) is 5.92 Å². The Hall–Kier alpha value is -1.46. The van der Waals surface area contributed by atoms with Gasteiger partial charge in [0.15, 0.2) is 0 Å². The summed E-state index contributed by atoms with van der Waals surface area (Å²) in [4.78, 5) is 4.42. The van der Waals surface area contributed by atoms with E-state index in [2.05, 4.69) is 21.3 Å². The summed E-state index contributed by atoms with van der Waals surface area (Å²) < 4.78 is 27.7. The summed E-state index contributed by atoms with van der Waals surface area (Å²) in [7, 11) is -2.11. The summed E-state index contributed by atoms with van der Waals surface area (Å²) >= 11 is 0. The summed E-state index contributed by atoms with van der Waals surface area (Å²) in [6.45, 7) is 0. The first-order chi connectivity index (χ1) is 10.6. The quantitative estimate of drug-likeness (QED) is 0.810. The van der Waals surface area contributed by atoms with Crippen LogP contribution in [0.2, 0.25) is 0 Å². The number of hydrogen-bond donors (Lipinski definition) is 0. The van der Waals surface area contributed by atoms with Gasteiger partial charge in [0, 0.05) is 11.6 Å². The Bertz CT molecular complexity index is 744. The molecule has 0 amide bonds. The minimum absolute atomic E-state index is 0.146. The highest BCUT2D eigenvalue weighted by Gasteiger charge is 2.27. The number of pyridine rings is 1. The Morgan fingerprint density at radius 1 is 1.14 bits per heavy atom. The molecule has 1 aliphatic carbocycles. The summed E-state index contributed by atoms with van der Waals surface area (Å²) in [6, 6.07) is 10.3. The number of aromatic nitrogens is 1. The molecule has 4 nitrogen and oxygen atoms in total. The third-order valence-electron chi connectivity index (χ3n) is 4.66. The standard InChI is InChI=1S/C17H21NO3S/c1-21-22(19,20)12-13-6-8-14(9-7-13)15-10-11-18-17-5-3-2-4-16(15)17/h2-5,10-11,13-14H,6-9,12H2,1H3. The highest BCUT2D eigenvalue weighted by molar-refractivity contribution is 7.86. The first-order valence-corrected chi connectivity index (χ1v) is 9.29. The van der Waals surface area contributed by atoms with Gasteiger partial charge in [-0.3, -0.25) is 9.17 Å². The van der Waals surface area contributed by atoms with Crippen molar-refractivity contribution < 1.29 is 12.6 Å². The summed E-state index contributed by atoms with van der Waals surface area (Å²) in [5.41, 5.74) is 2.38. The fourth-order valence-corrected chi connectivity index (χ4v) is 4.52. The fourth-order valence-electron chi connectivity index (χ4n) is 3.47. The van der Waals surface area contributed by atoms with Gasteiger partial charge in [-0.25, -0.2) is 0 Å². The molecule has 2 aromatic rings. The first-order valence-electron chi connectivity index (χ1n) is 7.71. The molecular formula is C17H21NO3S. The molecule has 118 valence electrons. The Kier molecular flexibility index (Phi) is 4.45. The molecule has 3 rings (SSSR count). The Morgan fingerprint density at radius 2 is 1.86 bits per heavy atom. The molecule has 0 unspecified atom stereocenters. The van der Waals surface area contributed by atoms with Gasteiger partial charge >= 0.3 is 0 Å². The van der Waals surface area contributed by atoms with E-state index in [9.17, 15) is 8.42 Å². The van der Waals surface area contributed by atoms with Crippen molar-refractivity contribution in [1.29, 1.82) is 0 Å². The van der Waals surface area contributed by atoms with Crippen LogP contribution in [0.25, 0.3) is 10.9 Å². The van der Waals surface area contributed by atoms with E-state index in [0.29, 0.717) is 5.92 Å². The van der Waals surface area contributed by atoms with Crippen LogP contribution in [0.4, 0.5) is 0 Å². The molecular weight excluding hydrogens is 298 g/mol. The average Bonchev–Trinajstić information content (AvgIpc) is 2.55. The highest BCUT2D eigenvalue weighted by Crippen LogP contribution is 2.38. The predicted molar refractivity (Wildman–Crippen MR) is 87.2 cm³/mol. The van der Waals surface area contributed by atoms with Gasteiger partial charge < -0.3 is 0 Å². The lowest BCUT2D eigenvalue weighted by Crippen LogP contribution is -2.22. The van der Waals surface area contributed by atoms with E-state index >= 15 is 0 Å². The molecule has 0 aliphatic heterocycles. The largest absolute Gasteiger partial charge is 0.273 e. The van der Waals surface area contributed by atoms with Crippen molar-refractivity contribution in [2.75, 3.05) is 12.9 Å². The van der Waals surface area contributed by atoms with Crippen LogP contribution >= 0.6 is 0 Å². The lowest BCUT2D eigenvalue weighted by atomic mass is 9.78. The van der Waals surface area contributed by atoms with Crippen LogP contribution in [0.3, 0.4) is 0 Å².